The molecule has 0 aromatic rings. The summed E-state index contributed by atoms with van der Waals surface area (Å²) in [6.45, 7) is 5.77. The number of hydrogen-bond acceptors (Lipinski definition) is 5. The molecule has 116 valence electrons. The lowest BCUT2D eigenvalue weighted by Crippen LogP contribution is -2.50. The molecule has 1 fully saturated rings. The van der Waals surface area contributed by atoms with Gasteiger partial charge in [0.2, 0.25) is 0 Å². The lowest BCUT2D eigenvalue weighted by molar-refractivity contribution is -0.180. The molecule has 20 heavy (non-hydrogen) atoms. The van der Waals surface area contributed by atoms with Crippen LogP contribution in [0.15, 0.2) is 0 Å². The maximum absolute atomic E-state index is 12.5. The van der Waals surface area contributed by atoms with Crippen LogP contribution >= 0.6 is 0 Å². The smallest absolute Gasteiger partial charge is 0.323 e. The summed E-state index contributed by atoms with van der Waals surface area (Å²) in [6, 6.07) is 0. The Kier molecular flexibility index (Phi) is 6.46. The second kappa shape index (κ2) is 7.62. The number of hydrogen-bond donors (Lipinski definition) is 1. The number of carbonyl (C=O) groups excluding carboxylic acids is 2. The van der Waals surface area contributed by atoms with Crippen LogP contribution in [0.4, 0.5) is 0 Å². The van der Waals surface area contributed by atoms with Gasteiger partial charge in [-0.2, -0.15) is 0 Å². The van der Waals surface area contributed by atoms with Crippen molar-refractivity contribution in [3.63, 3.8) is 0 Å². The van der Waals surface area contributed by atoms with Crippen molar-refractivity contribution < 1.29 is 24.2 Å². The van der Waals surface area contributed by atoms with Gasteiger partial charge in [0.05, 0.1) is 19.3 Å². The molecule has 0 aliphatic heterocycles. The Morgan fingerprint density at radius 1 is 1.10 bits per heavy atom. The summed E-state index contributed by atoms with van der Waals surface area (Å²) in [4.78, 5) is 24.9. The highest BCUT2D eigenvalue weighted by atomic mass is 16.6. The van der Waals surface area contributed by atoms with Crippen molar-refractivity contribution in [2.45, 2.75) is 59.0 Å². The summed E-state index contributed by atoms with van der Waals surface area (Å²) in [7, 11) is 0. The Bertz CT molecular complexity index is 321. The zero-order valence-corrected chi connectivity index (χ0v) is 12.7. The van der Waals surface area contributed by atoms with E-state index in [4.69, 9.17) is 9.47 Å². The van der Waals surface area contributed by atoms with Crippen molar-refractivity contribution in [1.29, 1.82) is 0 Å². The number of ether oxygens (including phenoxy) is 2. The molecule has 1 aliphatic carbocycles. The molecule has 5 nitrogen and oxygen atoms in total. The van der Waals surface area contributed by atoms with Crippen LogP contribution in [0.25, 0.3) is 0 Å². The van der Waals surface area contributed by atoms with E-state index in [1.165, 1.54) is 0 Å². The highest BCUT2D eigenvalue weighted by Gasteiger charge is 2.57. The minimum Gasteiger partial charge on any atom is -0.465 e. The van der Waals surface area contributed by atoms with Gasteiger partial charge in [-0.25, -0.2) is 0 Å². The molecule has 0 aromatic carbocycles. The fourth-order valence-electron chi connectivity index (χ4n) is 3.20. The van der Waals surface area contributed by atoms with Crippen LogP contribution in [-0.4, -0.2) is 36.4 Å². The predicted molar refractivity (Wildman–Crippen MR) is 74.0 cm³/mol. The first-order valence-corrected chi connectivity index (χ1v) is 7.57. The van der Waals surface area contributed by atoms with Gasteiger partial charge in [-0.05, 0) is 33.1 Å². The molecule has 0 heterocycles. The largest absolute Gasteiger partial charge is 0.465 e. The molecule has 0 aromatic heterocycles. The SMILES string of the molecule is CCCC(C(=O)OCC)(C(=O)OCC)C1CCCC1O. The Balaban J connectivity index is 3.17. The maximum atomic E-state index is 12.5. The third-order valence-corrected chi connectivity index (χ3v) is 4.04. The second-order valence-corrected chi connectivity index (χ2v) is 5.27. The van der Waals surface area contributed by atoms with Crippen LogP contribution in [-0.2, 0) is 19.1 Å². The van der Waals surface area contributed by atoms with Gasteiger partial charge in [-0.1, -0.05) is 19.8 Å². The fourth-order valence-corrected chi connectivity index (χ4v) is 3.20. The average Bonchev–Trinajstić information content (AvgIpc) is 2.83. The van der Waals surface area contributed by atoms with E-state index in [-0.39, 0.29) is 13.2 Å². The first kappa shape index (κ1) is 17.0. The summed E-state index contributed by atoms with van der Waals surface area (Å²) in [6.07, 6.45) is 2.45. The molecule has 2 unspecified atom stereocenters. The van der Waals surface area contributed by atoms with Gasteiger partial charge in [0.25, 0.3) is 0 Å². The van der Waals surface area contributed by atoms with E-state index in [0.717, 1.165) is 6.42 Å². The van der Waals surface area contributed by atoms with Crippen LogP contribution in [0.3, 0.4) is 0 Å². The van der Waals surface area contributed by atoms with E-state index in [1.54, 1.807) is 13.8 Å². The van der Waals surface area contributed by atoms with Crippen LogP contribution in [0.5, 0.6) is 0 Å². The lowest BCUT2D eigenvalue weighted by atomic mass is 9.70. The first-order valence-electron chi connectivity index (χ1n) is 7.57. The van der Waals surface area contributed by atoms with Crippen LogP contribution in [0.2, 0.25) is 0 Å². The molecule has 1 saturated carbocycles. The maximum Gasteiger partial charge on any atom is 0.323 e. The molecule has 1 rings (SSSR count). The third kappa shape index (κ3) is 3.14. The normalized spacial score (nSPS) is 22.6. The Morgan fingerprint density at radius 3 is 2.00 bits per heavy atom. The van der Waals surface area contributed by atoms with E-state index in [9.17, 15) is 14.7 Å². The van der Waals surface area contributed by atoms with Gasteiger partial charge in [-0.15, -0.1) is 0 Å². The zero-order valence-electron chi connectivity index (χ0n) is 12.7. The lowest BCUT2D eigenvalue weighted by Gasteiger charge is -2.35. The molecule has 0 saturated heterocycles. The van der Waals surface area contributed by atoms with Gasteiger partial charge in [0.15, 0.2) is 5.41 Å². The molecule has 0 radical (unpaired) electrons. The highest BCUT2D eigenvalue weighted by Crippen LogP contribution is 2.45. The van der Waals surface area contributed by atoms with Crippen molar-refractivity contribution in [3.05, 3.63) is 0 Å². The minimum atomic E-state index is -1.35. The summed E-state index contributed by atoms with van der Waals surface area (Å²) >= 11 is 0. The first-order chi connectivity index (χ1) is 9.54. The molecular formula is C15H26O5. The van der Waals surface area contributed by atoms with Crippen molar-refractivity contribution in [2.24, 2.45) is 11.3 Å². The van der Waals surface area contributed by atoms with Crippen LogP contribution < -0.4 is 0 Å². The number of rotatable bonds is 7. The topological polar surface area (TPSA) is 72.8 Å². The molecule has 0 amide bonds. The van der Waals surface area contributed by atoms with E-state index in [1.807, 2.05) is 6.92 Å². The summed E-state index contributed by atoms with van der Waals surface area (Å²) in [5, 5.41) is 10.2. The molecule has 5 heteroatoms. The van der Waals surface area contributed by atoms with E-state index < -0.39 is 29.4 Å². The minimum absolute atomic E-state index is 0.215. The zero-order chi connectivity index (χ0) is 15.2. The molecule has 2 atom stereocenters. The predicted octanol–water partition coefficient (Wildman–Crippen LogP) is 2.06. The van der Waals surface area contributed by atoms with Gasteiger partial charge in [0, 0.05) is 5.92 Å². The van der Waals surface area contributed by atoms with Gasteiger partial charge in [-0.3, -0.25) is 9.59 Å². The summed E-state index contributed by atoms with van der Waals surface area (Å²) in [5.41, 5.74) is -1.35. The van der Waals surface area contributed by atoms with Gasteiger partial charge in [0.1, 0.15) is 0 Å². The summed E-state index contributed by atoms with van der Waals surface area (Å²) in [5.74, 6) is -1.50. The van der Waals surface area contributed by atoms with Gasteiger partial charge < -0.3 is 14.6 Å². The Hall–Kier alpha value is -1.10. The number of esters is 2. The fraction of sp³-hybridized carbons (Fsp3) is 0.867. The highest BCUT2D eigenvalue weighted by molar-refractivity contribution is 6.00. The van der Waals surface area contributed by atoms with Crippen molar-refractivity contribution in [3.8, 4) is 0 Å². The van der Waals surface area contributed by atoms with Crippen LogP contribution in [0.1, 0.15) is 52.9 Å². The third-order valence-electron chi connectivity index (χ3n) is 4.04. The van der Waals surface area contributed by atoms with E-state index >= 15 is 0 Å². The van der Waals surface area contributed by atoms with Crippen molar-refractivity contribution in [2.75, 3.05) is 13.2 Å². The van der Waals surface area contributed by atoms with Crippen molar-refractivity contribution in [1.82, 2.24) is 0 Å². The summed E-state index contributed by atoms with van der Waals surface area (Å²) < 4.78 is 10.3. The number of aliphatic hydroxyl groups is 1. The number of carbonyl (C=O) groups is 2. The van der Waals surface area contributed by atoms with Gasteiger partial charge >= 0.3 is 11.9 Å². The molecule has 0 bridgehead atoms. The Morgan fingerprint density at radius 2 is 1.65 bits per heavy atom. The second-order valence-electron chi connectivity index (χ2n) is 5.27. The average molecular weight is 286 g/mol. The Labute approximate surface area is 120 Å². The van der Waals surface area contributed by atoms with Crippen LogP contribution in [0, 0.1) is 11.3 Å². The molecule has 1 aliphatic rings. The molecular weight excluding hydrogens is 260 g/mol. The molecule has 0 spiro atoms. The standard InChI is InChI=1S/C15H26O5/c1-4-10-15(13(17)19-5-2,14(18)20-6-3)11-8-7-9-12(11)16/h11-12,16H,4-10H2,1-3H3. The van der Waals surface area contributed by atoms with E-state index in [2.05, 4.69) is 0 Å². The quantitative estimate of drug-likeness (QED) is 0.573. The molecule has 1 N–H and O–H groups in total. The number of aliphatic hydroxyl groups excluding tert-OH is 1. The monoisotopic (exact) mass is 286 g/mol. The van der Waals surface area contributed by atoms with Crippen molar-refractivity contribution >= 4 is 11.9 Å². The van der Waals surface area contributed by atoms with E-state index in [0.29, 0.717) is 25.7 Å².